The van der Waals surface area contributed by atoms with Gasteiger partial charge in [0.2, 0.25) is 0 Å². The van der Waals surface area contributed by atoms with Gasteiger partial charge in [-0.1, -0.05) is 35.9 Å². The lowest BCUT2D eigenvalue weighted by Gasteiger charge is -2.24. The van der Waals surface area contributed by atoms with Crippen molar-refractivity contribution in [3.8, 4) is 0 Å². The molecule has 0 heterocycles. The van der Waals surface area contributed by atoms with E-state index in [1.54, 1.807) is 12.1 Å². The van der Waals surface area contributed by atoms with Crippen LogP contribution >= 0.6 is 0 Å². The maximum atomic E-state index is 12.8. The largest absolute Gasteiger partial charge is 0.406 e. The van der Waals surface area contributed by atoms with Crippen LogP contribution in [0.25, 0.3) is 0 Å². The van der Waals surface area contributed by atoms with Gasteiger partial charge in [-0.25, -0.2) is 0 Å². The van der Waals surface area contributed by atoms with Crippen molar-refractivity contribution in [2.24, 2.45) is 0 Å². The first kappa shape index (κ1) is 17.8. The number of nitrogens with two attached hydrogens (primary N) is 1. The van der Waals surface area contributed by atoms with Gasteiger partial charge < -0.3 is 10.6 Å². The van der Waals surface area contributed by atoms with Crippen molar-refractivity contribution < 1.29 is 18.0 Å². The van der Waals surface area contributed by atoms with Crippen molar-refractivity contribution in [2.75, 3.05) is 18.8 Å². The standard InChI is InChI=1S/C18H19F3N2O/c1-13-5-7-14(8-6-13)9-10-23(12-18(19,20)21)17(24)15-3-2-4-16(22)11-15/h2-8,11H,9-10,12,22H2,1H3. The Balaban J connectivity index is 2.14. The Morgan fingerprint density at radius 1 is 1.12 bits per heavy atom. The number of alkyl halides is 3. The number of amides is 1. The highest BCUT2D eigenvalue weighted by molar-refractivity contribution is 5.95. The topological polar surface area (TPSA) is 46.3 Å². The van der Waals surface area contributed by atoms with Crippen molar-refractivity contribution in [1.82, 2.24) is 4.90 Å². The van der Waals surface area contributed by atoms with Crippen molar-refractivity contribution in [2.45, 2.75) is 19.5 Å². The van der Waals surface area contributed by atoms with E-state index in [0.29, 0.717) is 12.1 Å². The Bertz CT molecular complexity index is 696. The quantitative estimate of drug-likeness (QED) is 0.844. The molecule has 0 aliphatic rings. The zero-order chi connectivity index (χ0) is 17.7. The molecule has 2 N–H and O–H groups in total. The molecule has 0 radical (unpaired) electrons. The third-order valence-electron chi connectivity index (χ3n) is 3.58. The van der Waals surface area contributed by atoms with Gasteiger partial charge in [-0.05, 0) is 37.1 Å². The van der Waals surface area contributed by atoms with Gasteiger partial charge in [0.05, 0.1) is 0 Å². The van der Waals surface area contributed by atoms with Gasteiger partial charge in [-0.2, -0.15) is 13.2 Å². The average Bonchev–Trinajstić information content (AvgIpc) is 2.51. The molecular weight excluding hydrogens is 317 g/mol. The summed E-state index contributed by atoms with van der Waals surface area (Å²) in [5.74, 6) is -0.674. The van der Waals surface area contributed by atoms with Crippen LogP contribution in [-0.2, 0) is 6.42 Å². The lowest BCUT2D eigenvalue weighted by atomic mass is 10.1. The molecule has 0 saturated heterocycles. The fraction of sp³-hybridized carbons (Fsp3) is 0.278. The Morgan fingerprint density at radius 3 is 2.38 bits per heavy atom. The maximum absolute atomic E-state index is 12.8. The Labute approximate surface area is 138 Å². The van der Waals surface area contributed by atoms with Gasteiger partial charge in [-0.15, -0.1) is 0 Å². The Hall–Kier alpha value is -2.50. The van der Waals surface area contributed by atoms with E-state index in [1.807, 2.05) is 31.2 Å². The van der Waals surface area contributed by atoms with Crippen LogP contribution in [0.3, 0.4) is 0 Å². The third kappa shape index (κ3) is 5.30. The fourth-order valence-corrected chi connectivity index (χ4v) is 2.34. The minimum absolute atomic E-state index is 0.0177. The second kappa shape index (κ2) is 7.38. The summed E-state index contributed by atoms with van der Waals surface area (Å²) in [6.07, 6.45) is -4.10. The van der Waals surface area contributed by atoms with E-state index in [1.165, 1.54) is 12.1 Å². The van der Waals surface area contributed by atoms with Crippen LogP contribution < -0.4 is 5.73 Å². The number of rotatable bonds is 5. The molecule has 3 nitrogen and oxygen atoms in total. The smallest absolute Gasteiger partial charge is 0.399 e. The number of anilines is 1. The maximum Gasteiger partial charge on any atom is 0.406 e. The van der Waals surface area contributed by atoms with Crippen molar-refractivity contribution >= 4 is 11.6 Å². The Morgan fingerprint density at radius 2 is 1.79 bits per heavy atom. The zero-order valence-electron chi connectivity index (χ0n) is 13.3. The number of benzene rings is 2. The molecule has 24 heavy (non-hydrogen) atoms. The van der Waals surface area contributed by atoms with Gasteiger partial charge in [0.25, 0.3) is 5.91 Å². The van der Waals surface area contributed by atoms with Crippen LogP contribution in [0.1, 0.15) is 21.5 Å². The van der Waals surface area contributed by atoms with E-state index >= 15 is 0 Å². The van der Waals surface area contributed by atoms with Crippen LogP contribution in [0.2, 0.25) is 0 Å². The summed E-state index contributed by atoms with van der Waals surface area (Å²) in [6, 6.07) is 13.5. The van der Waals surface area contributed by atoms with E-state index in [-0.39, 0.29) is 12.1 Å². The minimum Gasteiger partial charge on any atom is -0.399 e. The summed E-state index contributed by atoms with van der Waals surface area (Å²) >= 11 is 0. The van der Waals surface area contributed by atoms with Gasteiger partial charge in [0.1, 0.15) is 6.54 Å². The molecule has 2 aromatic carbocycles. The molecule has 6 heteroatoms. The van der Waals surface area contributed by atoms with E-state index in [2.05, 4.69) is 0 Å². The van der Waals surface area contributed by atoms with E-state index in [4.69, 9.17) is 5.73 Å². The number of nitrogen functional groups attached to an aromatic ring is 1. The predicted octanol–water partition coefficient (Wildman–Crippen LogP) is 3.82. The second-order valence-electron chi connectivity index (χ2n) is 5.70. The Kier molecular flexibility index (Phi) is 5.49. The normalized spacial score (nSPS) is 11.3. The van der Waals surface area contributed by atoms with Crippen LogP contribution in [0.5, 0.6) is 0 Å². The third-order valence-corrected chi connectivity index (χ3v) is 3.58. The number of aryl methyl sites for hydroxylation is 1. The predicted molar refractivity (Wildman–Crippen MR) is 87.7 cm³/mol. The number of halogens is 3. The molecule has 0 spiro atoms. The van der Waals surface area contributed by atoms with Crippen LogP contribution in [0.4, 0.5) is 18.9 Å². The van der Waals surface area contributed by atoms with Gasteiger partial charge in [-0.3, -0.25) is 4.79 Å². The first-order valence-electron chi connectivity index (χ1n) is 7.52. The molecule has 2 aromatic rings. The molecule has 0 aliphatic heterocycles. The van der Waals surface area contributed by atoms with Crippen molar-refractivity contribution in [3.05, 3.63) is 65.2 Å². The van der Waals surface area contributed by atoms with E-state index < -0.39 is 18.6 Å². The summed E-state index contributed by atoms with van der Waals surface area (Å²) in [6.45, 7) is 0.631. The summed E-state index contributed by atoms with van der Waals surface area (Å²) in [4.78, 5) is 13.2. The molecular formula is C18H19F3N2O. The number of hydrogen-bond acceptors (Lipinski definition) is 2. The lowest BCUT2D eigenvalue weighted by Crippen LogP contribution is -2.40. The molecule has 0 unspecified atom stereocenters. The molecule has 0 bridgehead atoms. The van der Waals surface area contributed by atoms with E-state index in [9.17, 15) is 18.0 Å². The highest BCUT2D eigenvalue weighted by atomic mass is 19.4. The average molecular weight is 336 g/mol. The molecule has 0 aliphatic carbocycles. The minimum atomic E-state index is -4.46. The van der Waals surface area contributed by atoms with Crippen molar-refractivity contribution in [3.63, 3.8) is 0 Å². The number of carbonyl (C=O) groups is 1. The molecule has 2 rings (SSSR count). The molecule has 128 valence electrons. The van der Waals surface area contributed by atoms with E-state index in [0.717, 1.165) is 16.0 Å². The fourth-order valence-electron chi connectivity index (χ4n) is 2.34. The molecule has 0 saturated carbocycles. The van der Waals surface area contributed by atoms with Gasteiger partial charge >= 0.3 is 6.18 Å². The summed E-state index contributed by atoms with van der Waals surface area (Å²) in [5.41, 5.74) is 8.06. The van der Waals surface area contributed by atoms with Crippen LogP contribution in [0.15, 0.2) is 48.5 Å². The van der Waals surface area contributed by atoms with Gasteiger partial charge in [0.15, 0.2) is 0 Å². The number of carbonyl (C=O) groups excluding carboxylic acids is 1. The first-order chi connectivity index (χ1) is 11.2. The molecule has 1 amide bonds. The van der Waals surface area contributed by atoms with Crippen LogP contribution in [0, 0.1) is 6.92 Å². The lowest BCUT2D eigenvalue weighted by molar-refractivity contribution is -0.140. The molecule has 0 aromatic heterocycles. The van der Waals surface area contributed by atoms with Crippen LogP contribution in [-0.4, -0.2) is 30.1 Å². The highest BCUT2D eigenvalue weighted by Crippen LogP contribution is 2.19. The number of nitrogens with zero attached hydrogens (tertiary/aromatic N) is 1. The first-order valence-corrected chi connectivity index (χ1v) is 7.52. The molecule has 0 fully saturated rings. The highest BCUT2D eigenvalue weighted by Gasteiger charge is 2.33. The summed E-state index contributed by atoms with van der Waals surface area (Å²) in [7, 11) is 0. The second-order valence-corrected chi connectivity index (χ2v) is 5.70. The monoisotopic (exact) mass is 336 g/mol. The molecule has 0 atom stereocenters. The van der Waals surface area contributed by atoms with Gasteiger partial charge in [0, 0.05) is 17.8 Å². The summed E-state index contributed by atoms with van der Waals surface area (Å²) in [5, 5.41) is 0. The SMILES string of the molecule is Cc1ccc(CCN(CC(F)(F)F)C(=O)c2cccc(N)c2)cc1. The summed E-state index contributed by atoms with van der Waals surface area (Å²) < 4.78 is 38.5. The zero-order valence-corrected chi connectivity index (χ0v) is 13.3. The number of hydrogen-bond donors (Lipinski definition) is 1. The van der Waals surface area contributed by atoms with Crippen molar-refractivity contribution in [1.29, 1.82) is 0 Å².